The standard InChI is InChI=1S/C16H24O8S2/c1-2-3-4-5-6-7-8-15(26(21,22)23)16(17)24-13-9-11-14(12-10-13)25(18,19)20/h9-12,15H,2-8H2,1H3,(H,18,19,20)(H,21,22,23). The van der Waals surface area contributed by atoms with Gasteiger partial charge in [0.2, 0.25) is 0 Å². The van der Waals surface area contributed by atoms with E-state index in [1.54, 1.807) is 0 Å². The van der Waals surface area contributed by atoms with E-state index in [-0.39, 0.29) is 12.2 Å². The lowest BCUT2D eigenvalue weighted by molar-refractivity contribution is -0.134. The molecule has 0 bridgehead atoms. The number of rotatable bonds is 11. The predicted molar refractivity (Wildman–Crippen MR) is 95.2 cm³/mol. The molecule has 0 aliphatic rings. The van der Waals surface area contributed by atoms with Gasteiger partial charge in [-0.15, -0.1) is 0 Å². The van der Waals surface area contributed by atoms with Crippen LogP contribution in [0.3, 0.4) is 0 Å². The second kappa shape index (κ2) is 10.0. The first-order chi connectivity index (χ1) is 12.1. The van der Waals surface area contributed by atoms with Crippen molar-refractivity contribution in [3.63, 3.8) is 0 Å². The van der Waals surface area contributed by atoms with E-state index < -0.39 is 36.4 Å². The minimum Gasteiger partial charge on any atom is -0.426 e. The monoisotopic (exact) mass is 408 g/mol. The van der Waals surface area contributed by atoms with Crippen LogP contribution in [0.15, 0.2) is 29.2 Å². The summed E-state index contributed by atoms with van der Waals surface area (Å²) in [5.74, 6) is -1.24. The molecule has 1 rings (SSSR count). The highest BCUT2D eigenvalue weighted by Crippen LogP contribution is 2.19. The van der Waals surface area contributed by atoms with Gasteiger partial charge in [-0.05, 0) is 30.7 Å². The molecule has 0 saturated carbocycles. The number of hydrogen-bond acceptors (Lipinski definition) is 6. The Morgan fingerprint density at radius 3 is 2.00 bits per heavy atom. The summed E-state index contributed by atoms with van der Waals surface area (Å²) in [4.78, 5) is 11.7. The molecule has 2 N–H and O–H groups in total. The summed E-state index contributed by atoms with van der Waals surface area (Å²) in [6, 6.07) is 4.22. The average molecular weight is 408 g/mol. The van der Waals surface area contributed by atoms with Crippen LogP contribution >= 0.6 is 0 Å². The van der Waals surface area contributed by atoms with E-state index in [1.807, 2.05) is 0 Å². The highest BCUT2D eigenvalue weighted by atomic mass is 32.2. The maximum Gasteiger partial charge on any atom is 0.332 e. The van der Waals surface area contributed by atoms with Gasteiger partial charge < -0.3 is 4.74 Å². The van der Waals surface area contributed by atoms with Crippen LogP contribution < -0.4 is 4.74 Å². The molecule has 1 atom stereocenters. The minimum absolute atomic E-state index is 0.0626. The number of ether oxygens (including phenoxy) is 1. The lowest BCUT2D eigenvalue weighted by Crippen LogP contribution is -2.33. The number of benzene rings is 1. The van der Waals surface area contributed by atoms with E-state index in [0.717, 1.165) is 56.4 Å². The molecular formula is C16H24O8S2. The van der Waals surface area contributed by atoms with Crippen molar-refractivity contribution in [1.29, 1.82) is 0 Å². The summed E-state index contributed by atoms with van der Waals surface area (Å²) in [7, 11) is -9.01. The highest BCUT2D eigenvalue weighted by Gasteiger charge is 2.32. The third-order valence-corrected chi connectivity index (χ3v) is 5.80. The fourth-order valence-corrected chi connectivity index (χ4v) is 3.60. The van der Waals surface area contributed by atoms with Crippen LogP contribution in [-0.2, 0) is 25.0 Å². The molecule has 0 saturated heterocycles. The molecule has 1 unspecified atom stereocenters. The Balaban J connectivity index is 2.69. The van der Waals surface area contributed by atoms with Crippen molar-refractivity contribution in [2.45, 2.75) is 62.0 Å². The van der Waals surface area contributed by atoms with Crippen molar-refractivity contribution in [3.8, 4) is 5.75 Å². The van der Waals surface area contributed by atoms with E-state index in [9.17, 15) is 26.2 Å². The van der Waals surface area contributed by atoms with Crippen LogP contribution in [-0.4, -0.2) is 37.2 Å². The fraction of sp³-hybridized carbons (Fsp3) is 0.562. The van der Waals surface area contributed by atoms with Crippen LogP contribution in [0.2, 0.25) is 0 Å². The van der Waals surface area contributed by atoms with E-state index in [0.29, 0.717) is 6.42 Å². The first kappa shape index (κ1) is 22.6. The number of hydrogen-bond donors (Lipinski definition) is 2. The van der Waals surface area contributed by atoms with Gasteiger partial charge in [-0.1, -0.05) is 45.4 Å². The van der Waals surface area contributed by atoms with Gasteiger partial charge in [0, 0.05) is 0 Å². The molecule has 0 aliphatic carbocycles. The third kappa shape index (κ3) is 7.81. The van der Waals surface area contributed by atoms with Crippen molar-refractivity contribution in [1.82, 2.24) is 0 Å². The first-order valence-electron chi connectivity index (χ1n) is 8.31. The van der Waals surface area contributed by atoms with Gasteiger partial charge >= 0.3 is 5.97 Å². The fourth-order valence-electron chi connectivity index (χ4n) is 2.36. The largest absolute Gasteiger partial charge is 0.426 e. The van der Waals surface area contributed by atoms with Crippen LogP contribution in [0.5, 0.6) is 5.75 Å². The van der Waals surface area contributed by atoms with Crippen molar-refractivity contribution in [2.24, 2.45) is 0 Å². The Morgan fingerprint density at radius 1 is 0.962 bits per heavy atom. The van der Waals surface area contributed by atoms with Gasteiger partial charge in [-0.2, -0.15) is 16.8 Å². The summed E-state index contributed by atoms with van der Waals surface area (Å²) in [6.07, 6.45) is 5.23. The summed E-state index contributed by atoms with van der Waals surface area (Å²) < 4.78 is 67.9. The SMILES string of the molecule is CCCCCCCCC(C(=O)Oc1ccc(S(=O)(=O)O)cc1)S(=O)(=O)O. The van der Waals surface area contributed by atoms with Gasteiger partial charge in [0.05, 0.1) is 4.90 Å². The van der Waals surface area contributed by atoms with Crippen LogP contribution in [0.1, 0.15) is 51.9 Å². The Labute approximate surface area is 154 Å². The van der Waals surface area contributed by atoms with E-state index in [2.05, 4.69) is 6.92 Å². The smallest absolute Gasteiger partial charge is 0.332 e. The normalized spacial score (nSPS) is 13.3. The second-order valence-electron chi connectivity index (χ2n) is 5.93. The second-order valence-corrected chi connectivity index (χ2v) is 8.95. The molecule has 148 valence electrons. The molecule has 0 fully saturated rings. The zero-order valence-corrected chi connectivity index (χ0v) is 16.1. The average Bonchev–Trinajstić information content (AvgIpc) is 2.52. The number of unbranched alkanes of at least 4 members (excludes halogenated alkanes) is 5. The molecule has 0 aromatic heterocycles. The summed E-state index contributed by atoms with van der Waals surface area (Å²) >= 11 is 0. The van der Waals surface area contributed by atoms with Gasteiger partial charge in [0.1, 0.15) is 5.75 Å². The predicted octanol–water partition coefficient (Wildman–Crippen LogP) is 2.85. The molecule has 0 amide bonds. The number of carbonyl (C=O) groups is 1. The molecule has 0 heterocycles. The van der Waals surface area contributed by atoms with Crippen LogP contribution in [0, 0.1) is 0 Å². The van der Waals surface area contributed by atoms with E-state index in [4.69, 9.17) is 9.29 Å². The zero-order chi connectivity index (χ0) is 19.8. The number of carbonyl (C=O) groups excluding carboxylic acids is 1. The maximum atomic E-state index is 12.1. The highest BCUT2D eigenvalue weighted by molar-refractivity contribution is 7.87. The lowest BCUT2D eigenvalue weighted by atomic mass is 10.1. The van der Waals surface area contributed by atoms with Crippen LogP contribution in [0.25, 0.3) is 0 Å². The molecule has 26 heavy (non-hydrogen) atoms. The molecule has 0 radical (unpaired) electrons. The Morgan fingerprint density at radius 2 is 1.50 bits per heavy atom. The first-order valence-corrected chi connectivity index (χ1v) is 11.3. The third-order valence-electron chi connectivity index (χ3n) is 3.78. The maximum absolute atomic E-state index is 12.1. The minimum atomic E-state index is -4.62. The van der Waals surface area contributed by atoms with Gasteiger partial charge in [0.15, 0.2) is 5.25 Å². The molecule has 10 heteroatoms. The Hall–Kier alpha value is -1.49. The van der Waals surface area contributed by atoms with E-state index >= 15 is 0 Å². The Bertz CT molecular complexity index is 782. The molecule has 1 aromatic carbocycles. The van der Waals surface area contributed by atoms with Crippen molar-refractivity contribution in [3.05, 3.63) is 24.3 Å². The summed E-state index contributed by atoms with van der Waals surface area (Å²) in [5, 5.41) is -1.70. The zero-order valence-electron chi connectivity index (χ0n) is 14.5. The number of esters is 1. The summed E-state index contributed by atoms with van der Waals surface area (Å²) in [6.45, 7) is 2.08. The lowest BCUT2D eigenvalue weighted by Gasteiger charge is -2.13. The van der Waals surface area contributed by atoms with Crippen molar-refractivity contribution < 1.29 is 35.5 Å². The Kier molecular flexibility index (Phi) is 8.68. The molecular weight excluding hydrogens is 384 g/mol. The molecule has 1 aromatic rings. The molecule has 0 spiro atoms. The molecule has 8 nitrogen and oxygen atoms in total. The van der Waals surface area contributed by atoms with Gasteiger partial charge in [0.25, 0.3) is 20.2 Å². The molecule has 0 aliphatic heterocycles. The van der Waals surface area contributed by atoms with Gasteiger partial charge in [-0.3, -0.25) is 13.9 Å². The quantitative estimate of drug-likeness (QED) is 0.247. The van der Waals surface area contributed by atoms with Crippen molar-refractivity contribution >= 4 is 26.2 Å². The van der Waals surface area contributed by atoms with E-state index in [1.165, 1.54) is 0 Å². The van der Waals surface area contributed by atoms with Gasteiger partial charge in [-0.25, -0.2) is 0 Å². The van der Waals surface area contributed by atoms with Crippen LogP contribution in [0.4, 0.5) is 0 Å². The van der Waals surface area contributed by atoms with Crippen molar-refractivity contribution in [2.75, 3.05) is 0 Å². The topological polar surface area (TPSA) is 135 Å². The summed E-state index contributed by atoms with van der Waals surface area (Å²) in [5.41, 5.74) is 0.